The fourth-order valence-electron chi connectivity index (χ4n) is 2.61. The number of allylic oxidation sites excluding steroid dienone is 4. The largest absolute Gasteiger partial charge is 0.0812 e. The van der Waals surface area contributed by atoms with Crippen molar-refractivity contribution in [2.24, 2.45) is 0 Å². The van der Waals surface area contributed by atoms with Gasteiger partial charge in [0, 0.05) is 0 Å². The Morgan fingerprint density at radius 3 is 1.90 bits per heavy atom. The summed E-state index contributed by atoms with van der Waals surface area (Å²) >= 11 is 0. The van der Waals surface area contributed by atoms with E-state index >= 15 is 0 Å². The van der Waals surface area contributed by atoms with E-state index < -0.39 is 16.1 Å². The topological polar surface area (TPSA) is 0 Å². The first kappa shape index (κ1) is 15.5. The maximum atomic E-state index is 2.47. The van der Waals surface area contributed by atoms with Gasteiger partial charge in [0.2, 0.25) is 0 Å². The third-order valence-corrected chi connectivity index (χ3v) is 8.21. The van der Waals surface area contributed by atoms with Crippen molar-refractivity contribution in [1.82, 2.24) is 0 Å². The molecular weight excluding hydrogens is 272 g/mol. The maximum Gasteiger partial charge on any atom is 0.0775 e. The molecule has 1 aromatic rings. The molecule has 0 N–H and O–H groups in total. The fraction of sp³-hybridized carbons (Fsp3) is 0.444. The number of hydrogen-bond donors (Lipinski definition) is 0. The summed E-state index contributed by atoms with van der Waals surface area (Å²) in [5, 5.41) is 3.19. The Bertz CT molecular complexity index is 534. The standard InChI is InChI=1S/C18H28Si2/c1-19(2,3)17-10-7-15(8-11-17)13-16-9-12-18(14-16)20(4,5)6/h7-8,10-12,14H,9,13H2,1-6H3. The van der Waals surface area contributed by atoms with Gasteiger partial charge in [0.15, 0.2) is 0 Å². The van der Waals surface area contributed by atoms with E-state index in [4.69, 9.17) is 0 Å². The summed E-state index contributed by atoms with van der Waals surface area (Å²) in [7, 11) is -2.28. The van der Waals surface area contributed by atoms with E-state index in [9.17, 15) is 0 Å². The summed E-state index contributed by atoms with van der Waals surface area (Å²) in [5.74, 6) is 0. The third kappa shape index (κ3) is 3.83. The molecule has 1 aliphatic carbocycles. The van der Waals surface area contributed by atoms with Gasteiger partial charge < -0.3 is 0 Å². The average molecular weight is 301 g/mol. The highest BCUT2D eigenvalue weighted by atomic mass is 28.3. The molecule has 2 rings (SSSR count). The van der Waals surface area contributed by atoms with Crippen LogP contribution in [-0.4, -0.2) is 16.1 Å². The zero-order valence-corrected chi connectivity index (χ0v) is 15.9. The van der Waals surface area contributed by atoms with Crippen molar-refractivity contribution in [3.05, 3.63) is 52.8 Å². The Labute approximate surface area is 126 Å². The summed E-state index contributed by atoms with van der Waals surface area (Å²) in [5.41, 5.74) is 3.05. The van der Waals surface area contributed by atoms with Gasteiger partial charge >= 0.3 is 0 Å². The van der Waals surface area contributed by atoms with Gasteiger partial charge in [-0.3, -0.25) is 0 Å². The van der Waals surface area contributed by atoms with Gasteiger partial charge in [-0.15, -0.1) is 0 Å². The maximum absolute atomic E-state index is 2.47. The molecule has 2 heteroatoms. The molecule has 0 amide bonds. The zero-order chi connectivity index (χ0) is 15.0. The van der Waals surface area contributed by atoms with Crippen molar-refractivity contribution >= 4 is 21.3 Å². The second kappa shape index (κ2) is 5.49. The van der Waals surface area contributed by atoms with Gasteiger partial charge in [-0.2, -0.15) is 0 Å². The Morgan fingerprint density at radius 1 is 0.850 bits per heavy atom. The zero-order valence-electron chi connectivity index (χ0n) is 13.9. The molecule has 0 fully saturated rings. The lowest BCUT2D eigenvalue weighted by Gasteiger charge is -2.17. The molecule has 0 saturated heterocycles. The first-order valence-electron chi connectivity index (χ1n) is 7.66. The monoisotopic (exact) mass is 300 g/mol. The normalized spacial score (nSPS) is 16.1. The predicted octanol–water partition coefficient (Wildman–Crippen LogP) is 4.91. The van der Waals surface area contributed by atoms with Gasteiger partial charge in [0.1, 0.15) is 0 Å². The van der Waals surface area contributed by atoms with Crippen molar-refractivity contribution < 1.29 is 0 Å². The molecule has 20 heavy (non-hydrogen) atoms. The molecular formula is C18H28Si2. The van der Waals surface area contributed by atoms with Gasteiger partial charge in [-0.25, -0.2) is 0 Å². The van der Waals surface area contributed by atoms with Crippen LogP contribution in [0.4, 0.5) is 0 Å². The quantitative estimate of drug-likeness (QED) is 0.693. The summed E-state index contributed by atoms with van der Waals surface area (Å²) in [4.78, 5) is 0. The lowest BCUT2D eigenvalue weighted by atomic mass is 10.1. The molecule has 0 aromatic heterocycles. The van der Waals surface area contributed by atoms with E-state index in [-0.39, 0.29) is 0 Å². The van der Waals surface area contributed by atoms with Crippen LogP contribution in [0, 0.1) is 0 Å². The molecule has 0 atom stereocenters. The lowest BCUT2D eigenvalue weighted by molar-refractivity contribution is 1.09. The molecule has 1 aromatic carbocycles. The minimum absolute atomic E-state index is 1.12. The van der Waals surface area contributed by atoms with Crippen molar-refractivity contribution in [3.8, 4) is 0 Å². The Morgan fingerprint density at radius 2 is 1.45 bits per heavy atom. The van der Waals surface area contributed by atoms with Crippen LogP contribution in [0.2, 0.25) is 39.3 Å². The van der Waals surface area contributed by atoms with Gasteiger partial charge in [0.05, 0.1) is 16.1 Å². The minimum atomic E-state index is -1.16. The van der Waals surface area contributed by atoms with E-state index in [0.717, 1.165) is 12.8 Å². The molecule has 0 saturated carbocycles. The predicted molar refractivity (Wildman–Crippen MR) is 97.3 cm³/mol. The number of hydrogen-bond acceptors (Lipinski definition) is 0. The SMILES string of the molecule is C[Si](C)(C)C1=CCC(Cc2ccc([Si](C)(C)C)cc2)=C1. The number of benzene rings is 1. The number of rotatable bonds is 4. The van der Waals surface area contributed by atoms with E-state index in [1.807, 2.05) is 0 Å². The average Bonchev–Trinajstić information content (AvgIpc) is 2.77. The van der Waals surface area contributed by atoms with Gasteiger partial charge in [0.25, 0.3) is 0 Å². The first-order valence-corrected chi connectivity index (χ1v) is 14.7. The molecule has 0 heterocycles. The van der Waals surface area contributed by atoms with Crippen LogP contribution in [0.1, 0.15) is 12.0 Å². The summed E-state index contributed by atoms with van der Waals surface area (Å²) < 4.78 is 0. The van der Waals surface area contributed by atoms with Crippen molar-refractivity contribution in [1.29, 1.82) is 0 Å². The molecule has 108 valence electrons. The van der Waals surface area contributed by atoms with E-state index in [0.29, 0.717) is 0 Å². The highest BCUT2D eigenvalue weighted by molar-refractivity contribution is 6.88. The smallest absolute Gasteiger partial charge is 0.0775 e. The van der Waals surface area contributed by atoms with Crippen LogP contribution in [-0.2, 0) is 6.42 Å². The van der Waals surface area contributed by atoms with E-state index in [1.54, 1.807) is 16.0 Å². The van der Waals surface area contributed by atoms with Crippen LogP contribution in [0.25, 0.3) is 0 Å². The van der Waals surface area contributed by atoms with Crippen LogP contribution in [0.3, 0.4) is 0 Å². The van der Waals surface area contributed by atoms with E-state index in [1.165, 1.54) is 5.56 Å². The summed E-state index contributed by atoms with van der Waals surface area (Å²) in [6.07, 6.45) is 7.21. The van der Waals surface area contributed by atoms with Gasteiger partial charge in [-0.1, -0.05) is 91.7 Å². The van der Waals surface area contributed by atoms with Crippen LogP contribution in [0.5, 0.6) is 0 Å². The van der Waals surface area contributed by atoms with E-state index in [2.05, 4.69) is 75.7 Å². The first-order chi connectivity index (χ1) is 9.16. The summed E-state index contributed by atoms with van der Waals surface area (Å²) in [6.45, 7) is 14.5. The molecule has 0 unspecified atom stereocenters. The van der Waals surface area contributed by atoms with Crippen molar-refractivity contribution in [2.75, 3.05) is 0 Å². The van der Waals surface area contributed by atoms with Crippen LogP contribution in [0.15, 0.2) is 47.2 Å². The Hall–Kier alpha value is -0.866. The molecule has 1 aliphatic rings. The second-order valence-electron chi connectivity index (χ2n) is 8.04. The molecule has 0 bridgehead atoms. The highest BCUT2D eigenvalue weighted by Crippen LogP contribution is 2.27. The lowest BCUT2D eigenvalue weighted by Crippen LogP contribution is -2.37. The second-order valence-corrected chi connectivity index (χ2v) is 18.2. The third-order valence-electron chi connectivity index (χ3n) is 4.06. The summed E-state index contributed by atoms with van der Waals surface area (Å²) in [6, 6.07) is 9.37. The molecule has 0 spiro atoms. The Balaban J connectivity index is 2.06. The van der Waals surface area contributed by atoms with Crippen LogP contribution < -0.4 is 5.19 Å². The van der Waals surface area contributed by atoms with Crippen LogP contribution >= 0.6 is 0 Å². The van der Waals surface area contributed by atoms with Crippen molar-refractivity contribution in [3.63, 3.8) is 0 Å². The van der Waals surface area contributed by atoms with Crippen molar-refractivity contribution in [2.45, 2.75) is 52.1 Å². The highest BCUT2D eigenvalue weighted by Gasteiger charge is 2.21. The Kier molecular flexibility index (Phi) is 4.26. The fourth-order valence-corrected chi connectivity index (χ4v) is 5.13. The molecule has 0 aliphatic heterocycles. The van der Waals surface area contributed by atoms with Gasteiger partial charge in [-0.05, 0) is 18.4 Å². The molecule has 0 nitrogen and oxygen atoms in total. The minimum Gasteiger partial charge on any atom is -0.0812 e. The molecule has 0 radical (unpaired) electrons.